The summed E-state index contributed by atoms with van der Waals surface area (Å²) >= 11 is 12.7. The fourth-order valence-corrected chi connectivity index (χ4v) is 4.83. The van der Waals surface area contributed by atoms with Gasteiger partial charge in [-0.05, 0) is 66.1 Å². The number of nitrogens with zero attached hydrogens (tertiary/aromatic N) is 5. The SMILES string of the molecule is Cc1cc(C(C#N)c2ccc(Cl)cc2)c(Cl)cc1Nc1ncnc(NN(c2ccccc2)c2ccccc2)c1[N+](=O)[O-]. The van der Waals surface area contributed by atoms with E-state index in [1.165, 1.54) is 6.33 Å². The van der Waals surface area contributed by atoms with Crippen LogP contribution in [0.2, 0.25) is 10.0 Å². The van der Waals surface area contributed by atoms with Crippen LogP contribution in [0, 0.1) is 28.4 Å². The molecule has 11 heteroatoms. The van der Waals surface area contributed by atoms with Gasteiger partial charge in [0.25, 0.3) is 0 Å². The van der Waals surface area contributed by atoms with Crippen LogP contribution in [-0.2, 0) is 0 Å². The number of hydrogen-bond acceptors (Lipinski definition) is 8. The molecule has 0 saturated carbocycles. The van der Waals surface area contributed by atoms with Crippen molar-refractivity contribution in [3.8, 4) is 6.07 Å². The number of hydrazine groups is 1. The first-order valence-electron chi connectivity index (χ1n) is 12.7. The molecular formula is C31H23Cl2N7O2. The number of nitro groups is 1. The highest BCUT2D eigenvalue weighted by molar-refractivity contribution is 6.32. The Labute approximate surface area is 252 Å². The summed E-state index contributed by atoms with van der Waals surface area (Å²) in [6.45, 7) is 1.82. The molecule has 5 rings (SSSR count). The maximum Gasteiger partial charge on any atom is 0.355 e. The quantitative estimate of drug-likeness (QED) is 0.128. The molecule has 0 bridgehead atoms. The molecule has 0 amide bonds. The maximum absolute atomic E-state index is 12.4. The molecule has 1 aromatic heterocycles. The molecule has 0 spiro atoms. The lowest BCUT2D eigenvalue weighted by molar-refractivity contribution is -0.383. The molecular weight excluding hydrogens is 573 g/mol. The van der Waals surface area contributed by atoms with E-state index in [-0.39, 0.29) is 17.3 Å². The number of nitriles is 1. The number of rotatable bonds is 9. The van der Waals surface area contributed by atoms with E-state index in [0.29, 0.717) is 26.9 Å². The minimum Gasteiger partial charge on any atom is -0.334 e. The largest absolute Gasteiger partial charge is 0.355 e. The zero-order chi connectivity index (χ0) is 29.6. The number of benzene rings is 4. The third kappa shape index (κ3) is 6.10. The number of hydrogen-bond donors (Lipinski definition) is 2. The summed E-state index contributed by atoms with van der Waals surface area (Å²) in [5, 5.41) is 27.9. The molecule has 0 saturated heterocycles. The second-order valence-electron chi connectivity index (χ2n) is 9.22. The Morgan fingerprint density at radius 1 is 0.905 bits per heavy atom. The van der Waals surface area contributed by atoms with Gasteiger partial charge in [0.2, 0.25) is 11.6 Å². The molecule has 5 aromatic rings. The van der Waals surface area contributed by atoms with Crippen LogP contribution in [-0.4, -0.2) is 14.9 Å². The monoisotopic (exact) mass is 595 g/mol. The third-order valence-corrected chi connectivity index (χ3v) is 7.07. The molecule has 9 nitrogen and oxygen atoms in total. The summed E-state index contributed by atoms with van der Waals surface area (Å²) in [4.78, 5) is 20.2. The van der Waals surface area contributed by atoms with Crippen molar-refractivity contribution in [2.45, 2.75) is 12.8 Å². The van der Waals surface area contributed by atoms with Crippen molar-refractivity contribution < 1.29 is 4.92 Å². The number of nitrogens with one attached hydrogen (secondary N) is 2. The van der Waals surface area contributed by atoms with Crippen molar-refractivity contribution >= 4 is 57.6 Å². The van der Waals surface area contributed by atoms with Crippen LogP contribution in [0.5, 0.6) is 0 Å². The molecule has 1 heterocycles. The van der Waals surface area contributed by atoms with E-state index in [2.05, 4.69) is 26.8 Å². The van der Waals surface area contributed by atoms with Gasteiger partial charge in [-0.25, -0.2) is 9.97 Å². The van der Waals surface area contributed by atoms with Crippen molar-refractivity contribution in [2.24, 2.45) is 0 Å². The van der Waals surface area contributed by atoms with E-state index >= 15 is 0 Å². The van der Waals surface area contributed by atoms with Gasteiger partial charge in [-0.2, -0.15) is 5.26 Å². The number of para-hydroxylation sites is 2. The van der Waals surface area contributed by atoms with Gasteiger partial charge in [-0.15, -0.1) is 0 Å². The Kier molecular flexibility index (Phi) is 8.48. The average molecular weight is 596 g/mol. The molecule has 1 atom stereocenters. The zero-order valence-corrected chi connectivity index (χ0v) is 23.7. The Morgan fingerprint density at radius 3 is 2.07 bits per heavy atom. The Balaban J connectivity index is 1.50. The number of anilines is 5. The summed E-state index contributed by atoms with van der Waals surface area (Å²) in [6.07, 6.45) is 1.24. The lowest BCUT2D eigenvalue weighted by Gasteiger charge is -2.26. The van der Waals surface area contributed by atoms with E-state index in [1.54, 1.807) is 41.4 Å². The number of aryl methyl sites for hydroxylation is 1. The summed E-state index contributed by atoms with van der Waals surface area (Å²) in [5.41, 5.74) is 6.78. The van der Waals surface area contributed by atoms with Crippen LogP contribution in [0.25, 0.3) is 0 Å². The molecule has 0 aliphatic carbocycles. The highest BCUT2D eigenvalue weighted by Gasteiger charge is 2.26. The van der Waals surface area contributed by atoms with Crippen LogP contribution >= 0.6 is 23.2 Å². The average Bonchev–Trinajstić information content (AvgIpc) is 3.00. The molecule has 0 fully saturated rings. The predicted molar refractivity (Wildman–Crippen MR) is 166 cm³/mol. The van der Waals surface area contributed by atoms with Gasteiger partial charge in [0.15, 0.2) is 0 Å². The van der Waals surface area contributed by atoms with Crippen molar-refractivity contribution in [1.82, 2.24) is 9.97 Å². The minimum atomic E-state index is -0.631. The zero-order valence-electron chi connectivity index (χ0n) is 22.2. The van der Waals surface area contributed by atoms with E-state index < -0.39 is 10.8 Å². The first-order valence-corrected chi connectivity index (χ1v) is 13.5. The Bertz CT molecular complexity index is 1720. The first kappa shape index (κ1) is 28.4. The highest BCUT2D eigenvalue weighted by atomic mass is 35.5. The molecule has 0 radical (unpaired) electrons. The normalized spacial score (nSPS) is 11.3. The van der Waals surface area contributed by atoms with Gasteiger partial charge >= 0.3 is 5.69 Å². The molecule has 42 heavy (non-hydrogen) atoms. The van der Waals surface area contributed by atoms with E-state index in [1.807, 2.05) is 67.6 Å². The minimum absolute atomic E-state index is 0.0159. The van der Waals surface area contributed by atoms with Crippen molar-refractivity contribution in [3.05, 3.63) is 140 Å². The molecule has 0 aliphatic rings. The Morgan fingerprint density at radius 2 is 1.50 bits per heavy atom. The highest BCUT2D eigenvalue weighted by Crippen LogP contribution is 2.38. The van der Waals surface area contributed by atoms with Gasteiger partial charge in [-0.3, -0.25) is 20.5 Å². The fraction of sp³-hybridized carbons (Fsp3) is 0.0645. The summed E-state index contributed by atoms with van der Waals surface area (Å²) in [5.74, 6) is -0.674. The van der Waals surface area contributed by atoms with E-state index in [9.17, 15) is 15.4 Å². The second-order valence-corrected chi connectivity index (χ2v) is 10.1. The second kappa shape index (κ2) is 12.6. The standard InChI is InChI=1S/C31H23Cl2N7O2/c1-20-16-25(26(18-34)21-12-14-22(32)15-13-21)27(33)17-28(20)37-30-29(40(41)42)31(36-19-35-30)38-39(23-8-4-2-5-9-23)24-10-6-3-7-11-24/h2-17,19,26H,1H3,(H2,35,36,37,38). The fourth-order valence-electron chi connectivity index (χ4n) is 4.43. The smallest absolute Gasteiger partial charge is 0.334 e. The lowest BCUT2D eigenvalue weighted by atomic mass is 9.91. The van der Waals surface area contributed by atoms with Crippen molar-refractivity contribution in [2.75, 3.05) is 15.8 Å². The van der Waals surface area contributed by atoms with Gasteiger partial charge in [0, 0.05) is 15.7 Å². The van der Waals surface area contributed by atoms with Crippen LogP contribution in [0.15, 0.2) is 103 Å². The molecule has 0 aliphatic heterocycles. The number of halogens is 2. The van der Waals surface area contributed by atoms with E-state index in [0.717, 1.165) is 16.9 Å². The van der Waals surface area contributed by atoms with E-state index in [4.69, 9.17) is 23.2 Å². The molecule has 208 valence electrons. The summed E-state index contributed by atoms with van der Waals surface area (Å²) in [7, 11) is 0. The topological polar surface area (TPSA) is 120 Å². The third-order valence-electron chi connectivity index (χ3n) is 6.49. The van der Waals surface area contributed by atoms with Crippen LogP contribution in [0.3, 0.4) is 0 Å². The van der Waals surface area contributed by atoms with Crippen molar-refractivity contribution in [3.63, 3.8) is 0 Å². The summed E-state index contributed by atoms with van der Waals surface area (Å²) in [6, 6.07) is 31.4. The Hall–Kier alpha value is -5.17. The van der Waals surface area contributed by atoms with Gasteiger partial charge in [0.1, 0.15) is 6.33 Å². The lowest BCUT2D eigenvalue weighted by Crippen LogP contribution is -2.26. The van der Waals surface area contributed by atoms with Crippen LogP contribution in [0.1, 0.15) is 22.6 Å². The molecule has 4 aromatic carbocycles. The molecule has 2 N–H and O–H groups in total. The first-order chi connectivity index (χ1) is 20.4. The van der Waals surface area contributed by atoms with Gasteiger partial charge in [-0.1, -0.05) is 77.8 Å². The van der Waals surface area contributed by atoms with Crippen LogP contribution in [0.4, 0.5) is 34.4 Å². The number of aromatic nitrogens is 2. The van der Waals surface area contributed by atoms with Crippen molar-refractivity contribution in [1.29, 1.82) is 5.26 Å². The van der Waals surface area contributed by atoms with Crippen LogP contribution < -0.4 is 15.8 Å². The van der Waals surface area contributed by atoms with Gasteiger partial charge < -0.3 is 5.32 Å². The van der Waals surface area contributed by atoms with Gasteiger partial charge in [0.05, 0.1) is 28.3 Å². The molecule has 1 unspecified atom stereocenters. The maximum atomic E-state index is 12.4. The predicted octanol–water partition coefficient (Wildman–Crippen LogP) is 8.56. The summed E-state index contributed by atoms with van der Waals surface area (Å²) < 4.78 is 0.